The number of carbonyl (C=O) groups excluding carboxylic acids is 4. The molecule has 2 unspecified atom stereocenters. The van der Waals surface area contributed by atoms with Gasteiger partial charge in [-0.15, -0.1) is 11.3 Å². The molecule has 1 aliphatic rings. The highest BCUT2D eigenvalue weighted by molar-refractivity contribution is 7.09. The lowest BCUT2D eigenvalue weighted by atomic mass is 9.87. The quantitative estimate of drug-likeness (QED) is 0.618. The van der Waals surface area contributed by atoms with Crippen LogP contribution in [0, 0.1) is 11.8 Å². The summed E-state index contributed by atoms with van der Waals surface area (Å²) in [4.78, 5) is 55.4. The van der Waals surface area contributed by atoms with Crippen LogP contribution in [0.5, 0.6) is 0 Å². The van der Waals surface area contributed by atoms with E-state index in [1.165, 1.54) is 11.3 Å². The number of Topliss-reactive ketones (excluding diaryl/α,β-unsaturated/α-hetero) is 2. The van der Waals surface area contributed by atoms with E-state index in [0.717, 1.165) is 16.1 Å². The lowest BCUT2D eigenvalue weighted by molar-refractivity contribution is -0.141. The molecule has 3 rings (SSSR count). The Hall–Kier alpha value is -3.07. The van der Waals surface area contributed by atoms with Crippen LogP contribution in [0.25, 0.3) is 0 Å². The van der Waals surface area contributed by atoms with Crippen molar-refractivity contribution in [3.05, 3.63) is 52.0 Å². The number of carbonyl (C=O) groups is 4. The van der Waals surface area contributed by atoms with Crippen molar-refractivity contribution in [1.82, 2.24) is 15.6 Å². The van der Waals surface area contributed by atoms with Gasteiger partial charge in [0.15, 0.2) is 5.78 Å². The van der Waals surface area contributed by atoms with Crippen LogP contribution in [-0.2, 0) is 38.7 Å². The van der Waals surface area contributed by atoms with Crippen LogP contribution in [0.15, 0.2) is 35.8 Å². The number of nitrogens with zero attached hydrogens (tertiary/aromatic N) is 1. The standard InChI is InChI=1S/C23H27N3O5S/c1-14(2)20(26-23(30)31-12-15-6-4-3-5-7-15)18(27)10-16-8-9-17-19(32-13-25-17)11-24-22(29)21(16)28/h3-7,13-14,16,20H,8-12H2,1-2H3,(H,24,29)(H,26,30). The first-order chi connectivity index (χ1) is 15.3. The molecule has 0 saturated heterocycles. The molecular weight excluding hydrogens is 430 g/mol. The summed E-state index contributed by atoms with van der Waals surface area (Å²) in [5.74, 6) is -2.58. The van der Waals surface area contributed by atoms with Crippen LogP contribution >= 0.6 is 11.3 Å². The number of rotatable bonds is 7. The zero-order chi connectivity index (χ0) is 23.1. The second-order valence-electron chi connectivity index (χ2n) is 8.10. The first kappa shape index (κ1) is 23.6. The minimum absolute atomic E-state index is 0.0862. The molecule has 0 radical (unpaired) electrons. The Morgan fingerprint density at radius 2 is 2.00 bits per heavy atom. The molecule has 8 nitrogen and oxygen atoms in total. The number of aryl methyl sites for hydroxylation is 1. The predicted molar refractivity (Wildman–Crippen MR) is 119 cm³/mol. The Morgan fingerprint density at radius 1 is 1.25 bits per heavy atom. The lowest BCUT2D eigenvalue weighted by Crippen LogP contribution is -2.46. The van der Waals surface area contributed by atoms with E-state index in [9.17, 15) is 19.2 Å². The Morgan fingerprint density at radius 3 is 2.72 bits per heavy atom. The molecule has 1 aliphatic heterocycles. The van der Waals surface area contributed by atoms with Gasteiger partial charge in [-0.3, -0.25) is 14.4 Å². The number of fused-ring (bicyclic) bond motifs is 1. The number of hydrogen-bond acceptors (Lipinski definition) is 7. The Bertz CT molecular complexity index is 973. The fourth-order valence-electron chi connectivity index (χ4n) is 3.59. The van der Waals surface area contributed by atoms with Crippen molar-refractivity contribution in [2.24, 2.45) is 11.8 Å². The molecule has 9 heteroatoms. The SMILES string of the molecule is CC(C)C(NC(=O)OCc1ccccc1)C(=O)CC1CCc2ncsc2CNC(=O)C1=O. The van der Waals surface area contributed by atoms with Gasteiger partial charge >= 0.3 is 6.09 Å². The molecule has 32 heavy (non-hydrogen) atoms. The first-order valence-electron chi connectivity index (χ1n) is 10.6. The maximum Gasteiger partial charge on any atom is 0.408 e. The summed E-state index contributed by atoms with van der Waals surface area (Å²) < 4.78 is 5.23. The predicted octanol–water partition coefficient (Wildman–Crippen LogP) is 2.80. The lowest BCUT2D eigenvalue weighted by Gasteiger charge is -2.23. The van der Waals surface area contributed by atoms with Crippen molar-refractivity contribution in [1.29, 1.82) is 0 Å². The molecule has 0 fully saturated rings. The molecule has 0 spiro atoms. The van der Waals surface area contributed by atoms with Gasteiger partial charge in [-0.05, 0) is 24.3 Å². The molecule has 0 saturated carbocycles. The Kier molecular flexibility index (Phi) is 8.10. The van der Waals surface area contributed by atoms with Gasteiger partial charge in [-0.2, -0.15) is 0 Å². The normalized spacial score (nSPS) is 17.4. The summed E-state index contributed by atoms with van der Waals surface area (Å²) in [6, 6.07) is 8.40. The number of amides is 2. The summed E-state index contributed by atoms with van der Waals surface area (Å²) in [7, 11) is 0. The Balaban J connectivity index is 1.62. The number of nitrogens with one attached hydrogen (secondary N) is 2. The third-order valence-corrected chi connectivity index (χ3v) is 6.28. The Labute approximate surface area is 190 Å². The van der Waals surface area contributed by atoms with Crippen molar-refractivity contribution in [2.45, 2.75) is 52.3 Å². The summed E-state index contributed by atoms with van der Waals surface area (Å²) >= 11 is 1.43. The van der Waals surface area contributed by atoms with E-state index < -0.39 is 29.7 Å². The zero-order valence-electron chi connectivity index (χ0n) is 18.1. The number of alkyl carbamates (subject to hydrolysis) is 1. The van der Waals surface area contributed by atoms with E-state index in [0.29, 0.717) is 12.8 Å². The third-order valence-electron chi connectivity index (χ3n) is 5.41. The molecular formula is C23H27N3O5S. The van der Waals surface area contributed by atoms with Crippen molar-refractivity contribution < 1.29 is 23.9 Å². The van der Waals surface area contributed by atoms with E-state index in [2.05, 4.69) is 15.6 Å². The first-order valence-corrected chi connectivity index (χ1v) is 11.5. The topological polar surface area (TPSA) is 114 Å². The summed E-state index contributed by atoms with van der Waals surface area (Å²) in [6.45, 7) is 3.95. The largest absolute Gasteiger partial charge is 0.445 e. The van der Waals surface area contributed by atoms with E-state index in [1.807, 2.05) is 30.3 Å². The molecule has 2 atom stereocenters. The van der Waals surface area contributed by atoms with Crippen LogP contribution < -0.4 is 10.6 Å². The summed E-state index contributed by atoms with van der Waals surface area (Å²) in [6.07, 6.45) is 0.0218. The van der Waals surface area contributed by atoms with Crippen molar-refractivity contribution >= 4 is 34.9 Å². The average molecular weight is 458 g/mol. The highest BCUT2D eigenvalue weighted by atomic mass is 32.1. The van der Waals surface area contributed by atoms with Gasteiger partial charge in [0, 0.05) is 17.2 Å². The second kappa shape index (κ2) is 11.0. The van der Waals surface area contributed by atoms with Crippen LogP contribution in [-0.4, -0.2) is 34.6 Å². The molecule has 2 aromatic rings. The molecule has 2 N–H and O–H groups in total. The van der Waals surface area contributed by atoms with Crippen LogP contribution in [0.1, 0.15) is 42.8 Å². The number of thiazole rings is 1. The van der Waals surface area contributed by atoms with Gasteiger partial charge in [0.05, 0.1) is 23.8 Å². The molecule has 2 amide bonds. The van der Waals surface area contributed by atoms with Crippen LogP contribution in [0.2, 0.25) is 0 Å². The van der Waals surface area contributed by atoms with Crippen molar-refractivity contribution in [3.8, 4) is 0 Å². The molecule has 0 bridgehead atoms. The molecule has 170 valence electrons. The maximum absolute atomic E-state index is 13.0. The van der Waals surface area contributed by atoms with E-state index >= 15 is 0 Å². The number of benzene rings is 1. The van der Waals surface area contributed by atoms with Gasteiger partial charge < -0.3 is 15.4 Å². The van der Waals surface area contributed by atoms with Gasteiger partial charge in [-0.1, -0.05) is 44.2 Å². The highest BCUT2D eigenvalue weighted by Crippen LogP contribution is 2.22. The fourth-order valence-corrected chi connectivity index (χ4v) is 4.35. The van der Waals surface area contributed by atoms with Crippen LogP contribution in [0.3, 0.4) is 0 Å². The molecule has 1 aromatic heterocycles. The van der Waals surface area contributed by atoms with Crippen LogP contribution in [0.4, 0.5) is 4.79 Å². The van der Waals surface area contributed by atoms with E-state index in [1.54, 1.807) is 19.4 Å². The highest BCUT2D eigenvalue weighted by Gasteiger charge is 2.33. The number of hydrogen-bond donors (Lipinski definition) is 2. The molecule has 0 aliphatic carbocycles. The molecule has 1 aromatic carbocycles. The van der Waals surface area contributed by atoms with Crippen molar-refractivity contribution in [3.63, 3.8) is 0 Å². The molecule has 2 heterocycles. The minimum atomic E-state index is -0.823. The monoisotopic (exact) mass is 457 g/mol. The van der Waals surface area contributed by atoms with E-state index in [4.69, 9.17) is 4.74 Å². The van der Waals surface area contributed by atoms with Gasteiger partial charge in [0.2, 0.25) is 5.78 Å². The third kappa shape index (κ3) is 6.23. The van der Waals surface area contributed by atoms with Gasteiger partial charge in [0.1, 0.15) is 6.61 Å². The second-order valence-corrected chi connectivity index (χ2v) is 9.04. The fraction of sp³-hybridized carbons (Fsp3) is 0.435. The summed E-state index contributed by atoms with van der Waals surface area (Å²) in [5.41, 5.74) is 3.38. The number of ether oxygens (including phenoxy) is 1. The number of aromatic nitrogens is 1. The maximum atomic E-state index is 13.0. The van der Waals surface area contributed by atoms with Crippen molar-refractivity contribution in [2.75, 3.05) is 0 Å². The van der Waals surface area contributed by atoms with Gasteiger partial charge in [-0.25, -0.2) is 9.78 Å². The minimum Gasteiger partial charge on any atom is -0.445 e. The zero-order valence-corrected chi connectivity index (χ0v) is 18.9. The summed E-state index contributed by atoms with van der Waals surface area (Å²) in [5, 5.41) is 5.24. The smallest absolute Gasteiger partial charge is 0.408 e. The van der Waals surface area contributed by atoms with Gasteiger partial charge in [0.25, 0.3) is 5.91 Å². The number of ketones is 2. The van der Waals surface area contributed by atoms with E-state index in [-0.39, 0.29) is 31.3 Å². The average Bonchev–Trinajstić information content (AvgIpc) is 3.24.